The van der Waals surface area contributed by atoms with Gasteiger partial charge >= 0.3 is 0 Å². The van der Waals surface area contributed by atoms with Crippen molar-refractivity contribution in [2.45, 2.75) is 38.6 Å². The van der Waals surface area contributed by atoms with Crippen LogP contribution in [0.2, 0.25) is 0 Å². The maximum atomic E-state index is 4.08. The smallest absolute Gasteiger partial charge is 0.0270 e. The highest BCUT2D eigenvalue weighted by Gasteiger charge is 2.19. The monoisotopic (exact) mass is 247 g/mol. The topological polar surface area (TPSA) is 28.2 Å². The summed E-state index contributed by atoms with van der Waals surface area (Å²) in [6.45, 7) is 7.02. The minimum atomic E-state index is 0.737. The van der Waals surface area contributed by atoms with Gasteiger partial charge in [0.05, 0.1) is 0 Å². The summed E-state index contributed by atoms with van der Waals surface area (Å²) in [6, 6.07) is 4.99. The molecule has 0 spiro atoms. The first-order chi connectivity index (χ1) is 8.90. The average molecular weight is 247 g/mol. The van der Waals surface area contributed by atoms with E-state index in [0.29, 0.717) is 0 Å². The van der Waals surface area contributed by atoms with Crippen LogP contribution >= 0.6 is 0 Å². The van der Waals surface area contributed by atoms with Crippen molar-refractivity contribution < 1.29 is 0 Å². The molecule has 2 heterocycles. The molecule has 18 heavy (non-hydrogen) atoms. The lowest BCUT2D eigenvalue weighted by Gasteiger charge is -2.34. The van der Waals surface area contributed by atoms with E-state index in [2.05, 4.69) is 34.3 Å². The van der Waals surface area contributed by atoms with Crippen LogP contribution in [-0.4, -0.2) is 42.1 Å². The van der Waals surface area contributed by atoms with Gasteiger partial charge in [-0.2, -0.15) is 0 Å². The Morgan fingerprint density at radius 1 is 1.33 bits per heavy atom. The van der Waals surface area contributed by atoms with Gasteiger partial charge in [0.1, 0.15) is 0 Å². The van der Waals surface area contributed by atoms with Gasteiger partial charge in [0.2, 0.25) is 0 Å². The van der Waals surface area contributed by atoms with Gasteiger partial charge in [-0.05, 0) is 56.5 Å². The Balaban J connectivity index is 1.85. The fourth-order valence-corrected chi connectivity index (χ4v) is 2.73. The third-order valence-electron chi connectivity index (χ3n) is 3.74. The van der Waals surface area contributed by atoms with Crippen LogP contribution in [0.15, 0.2) is 24.5 Å². The van der Waals surface area contributed by atoms with Crippen molar-refractivity contribution in [3.05, 3.63) is 30.1 Å². The standard InChI is InChI=1S/C15H25N3/c1-2-11-18(15-4-3-8-17-13-15)12-7-14-5-9-16-10-6-14/h5-6,9-10,15,17H,2-4,7-8,11-13H2,1H3. The van der Waals surface area contributed by atoms with Crippen LogP contribution in [0, 0.1) is 0 Å². The highest BCUT2D eigenvalue weighted by molar-refractivity contribution is 5.10. The quantitative estimate of drug-likeness (QED) is 0.834. The Bertz CT molecular complexity index is 320. The van der Waals surface area contributed by atoms with Crippen molar-refractivity contribution in [2.75, 3.05) is 26.2 Å². The van der Waals surface area contributed by atoms with E-state index >= 15 is 0 Å². The minimum absolute atomic E-state index is 0.737. The van der Waals surface area contributed by atoms with Crippen molar-refractivity contribution >= 4 is 0 Å². The molecule has 0 amide bonds. The molecular formula is C15H25N3. The SMILES string of the molecule is CCCN(CCc1ccncc1)C1CCCNC1. The number of nitrogens with one attached hydrogen (secondary N) is 1. The van der Waals surface area contributed by atoms with Gasteiger partial charge in [0.15, 0.2) is 0 Å². The largest absolute Gasteiger partial charge is 0.315 e. The third-order valence-corrected chi connectivity index (χ3v) is 3.74. The van der Waals surface area contributed by atoms with E-state index < -0.39 is 0 Å². The first-order valence-electron chi connectivity index (χ1n) is 7.24. The molecule has 100 valence electrons. The molecule has 0 bridgehead atoms. The van der Waals surface area contributed by atoms with E-state index in [9.17, 15) is 0 Å². The van der Waals surface area contributed by atoms with E-state index in [1.165, 1.54) is 44.5 Å². The van der Waals surface area contributed by atoms with Gasteiger partial charge < -0.3 is 5.32 Å². The first kappa shape index (κ1) is 13.5. The van der Waals surface area contributed by atoms with E-state index in [1.54, 1.807) is 0 Å². The molecule has 1 aromatic rings. The van der Waals surface area contributed by atoms with E-state index in [0.717, 1.165) is 19.0 Å². The molecule has 0 aliphatic carbocycles. The maximum Gasteiger partial charge on any atom is 0.0270 e. The zero-order valence-corrected chi connectivity index (χ0v) is 11.4. The van der Waals surface area contributed by atoms with Crippen LogP contribution in [0.1, 0.15) is 31.7 Å². The normalized spacial score (nSPS) is 20.2. The molecule has 1 atom stereocenters. The summed E-state index contributed by atoms with van der Waals surface area (Å²) in [5, 5.41) is 3.52. The molecule has 1 aliphatic rings. The number of hydrogen-bond donors (Lipinski definition) is 1. The maximum absolute atomic E-state index is 4.08. The minimum Gasteiger partial charge on any atom is -0.315 e. The summed E-state index contributed by atoms with van der Waals surface area (Å²) in [6.07, 6.45) is 8.83. The molecule has 0 radical (unpaired) electrons. The molecule has 1 unspecified atom stereocenters. The Labute approximate surface area is 111 Å². The Morgan fingerprint density at radius 3 is 2.83 bits per heavy atom. The molecule has 1 aliphatic heterocycles. The fourth-order valence-electron chi connectivity index (χ4n) is 2.73. The summed E-state index contributed by atoms with van der Waals surface area (Å²) in [5.74, 6) is 0. The summed E-state index contributed by atoms with van der Waals surface area (Å²) in [7, 11) is 0. The van der Waals surface area contributed by atoms with Crippen molar-refractivity contribution in [1.29, 1.82) is 0 Å². The third kappa shape index (κ3) is 4.07. The van der Waals surface area contributed by atoms with Crippen LogP contribution in [0.4, 0.5) is 0 Å². The summed E-state index contributed by atoms with van der Waals surface area (Å²) in [4.78, 5) is 6.73. The van der Waals surface area contributed by atoms with E-state index in [-0.39, 0.29) is 0 Å². The Kier molecular flexibility index (Phi) is 5.62. The molecule has 0 saturated carbocycles. The number of pyridine rings is 1. The van der Waals surface area contributed by atoms with Crippen molar-refractivity contribution in [3.8, 4) is 0 Å². The lowest BCUT2D eigenvalue weighted by atomic mass is 10.0. The van der Waals surface area contributed by atoms with Gasteiger partial charge in [-0.25, -0.2) is 0 Å². The number of rotatable bonds is 6. The second-order valence-corrected chi connectivity index (χ2v) is 5.14. The van der Waals surface area contributed by atoms with Crippen molar-refractivity contribution in [3.63, 3.8) is 0 Å². The van der Waals surface area contributed by atoms with Crippen LogP contribution in [0.3, 0.4) is 0 Å². The number of aromatic nitrogens is 1. The molecule has 3 nitrogen and oxygen atoms in total. The highest BCUT2D eigenvalue weighted by atomic mass is 15.2. The summed E-state index contributed by atoms with van der Waals surface area (Å²) < 4.78 is 0. The van der Waals surface area contributed by atoms with Crippen LogP contribution in [-0.2, 0) is 6.42 Å². The van der Waals surface area contributed by atoms with Crippen LogP contribution in [0.25, 0.3) is 0 Å². The zero-order chi connectivity index (χ0) is 12.6. The lowest BCUT2D eigenvalue weighted by Crippen LogP contribution is -2.47. The molecule has 3 heteroatoms. The summed E-state index contributed by atoms with van der Waals surface area (Å²) in [5.41, 5.74) is 1.40. The van der Waals surface area contributed by atoms with Gasteiger partial charge in [-0.15, -0.1) is 0 Å². The van der Waals surface area contributed by atoms with Crippen molar-refractivity contribution in [2.24, 2.45) is 0 Å². The van der Waals surface area contributed by atoms with E-state index in [1.807, 2.05) is 12.4 Å². The highest BCUT2D eigenvalue weighted by Crippen LogP contribution is 2.12. The molecular weight excluding hydrogens is 222 g/mol. The van der Waals surface area contributed by atoms with Gasteiger partial charge in [0.25, 0.3) is 0 Å². The lowest BCUT2D eigenvalue weighted by molar-refractivity contribution is 0.167. The van der Waals surface area contributed by atoms with Crippen LogP contribution in [0.5, 0.6) is 0 Å². The van der Waals surface area contributed by atoms with Gasteiger partial charge in [-0.3, -0.25) is 9.88 Å². The zero-order valence-electron chi connectivity index (χ0n) is 11.4. The number of nitrogens with zero attached hydrogens (tertiary/aromatic N) is 2. The second kappa shape index (κ2) is 7.49. The number of piperidine rings is 1. The van der Waals surface area contributed by atoms with Crippen LogP contribution < -0.4 is 5.32 Å². The molecule has 1 aromatic heterocycles. The Morgan fingerprint density at radius 2 is 2.17 bits per heavy atom. The molecule has 2 rings (SSSR count). The van der Waals surface area contributed by atoms with E-state index in [4.69, 9.17) is 0 Å². The summed E-state index contributed by atoms with van der Waals surface area (Å²) >= 11 is 0. The fraction of sp³-hybridized carbons (Fsp3) is 0.667. The molecule has 1 N–H and O–H groups in total. The predicted octanol–water partition coefficient (Wildman–Crippen LogP) is 2.09. The van der Waals surface area contributed by atoms with Gasteiger partial charge in [0, 0.05) is 31.5 Å². The molecule has 0 aromatic carbocycles. The van der Waals surface area contributed by atoms with Crippen molar-refractivity contribution in [1.82, 2.24) is 15.2 Å². The predicted molar refractivity (Wildman–Crippen MR) is 75.7 cm³/mol. The molecule has 1 fully saturated rings. The second-order valence-electron chi connectivity index (χ2n) is 5.14. The first-order valence-corrected chi connectivity index (χ1v) is 7.24. The number of hydrogen-bond acceptors (Lipinski definition) is 3. The average Bonchev–Trinajstić information content (AvgIpc) is 2.45. The Hall–Kier alpha value is -0.930. The van der Waals surface area contributed by atoms with Gasteiger partial charge in [-0.1, -0.05) is 6.92 Å². The molecule has 1 saturated heterocycles.